The largest absolute Gasteiger partial charge is 0.435 e. The van der Waals surface area contributed by atoms with E-state index in [1.807, 2.05) is 0 Å². The van der Waals surface area contributed by atoms with Crippen LogP contribution in [0, 0.1) is 29.4 Å². The number of fused-ring (bicyclic) bond motifs is 4. The van der Waals surface area contributed by atoms with Gasteiger partial charge in [0.25, 0.3) is 5.92 Å². The minimum Gasteiger partial charge on any atom is -0.395 e. The monoisotopic (exact) mass is 1050 g/mol. The molecule has 0 spiro atoms. The van der Waals surface area contributed by atoms with Gasteiger partial charge < -0.3 is 15.7 Å². The summed E-state index contributed by atoms with van der Waals surface area (Å²) in [5, 5.41) is 20.1. The Morgan fingerprint density at radius 2 is 1.66 bits per heavy atom. The normalized spacial score (nSPS) is 16.9. The van der Waals surface area contributed by atoms with Crippen LogP contribution in [0.1, 0.15) is 66.1 Å². The second kappa shape index (κ2) is 18.6. The highest BCUT2D eigenvalue weighted by Gasteiger charge is 2.68. The first kappa shape index (κ1) is 51.9. The van der Waals surface area contributed by atoms with Crippen molar-refractivity contribution in [3.63, 3.8) is 0 Å². The molecule has 3 heterocycles. The average Bonchev–Trinajstić information content (AvgIpc) is 3.74. The van der Waals surface area contributed by atoms with Gasteiger partial charge >= 0.3 is 12.4 Å². The number of amides is 2. The second-order valence-electron chi connectivity index (χ2n) is 16.9. The zero-order valence-corrected chi connectivity index (χ0v) is 38.8. The Labute approximate surface area is 397 Å². The lowest BCUT2D eigenvalue weighted by atomic mass is 9.93. The van der Waals surface area contributed by atoms with Crippen molar-refractivity contribution >= 4 is 60.9 Å². The molecule has 70 heavy (non-hydrogen) atoms. The van der Waals surface area contributed by atoms with Gasteiger partial charge in [0.05, 0.1) is 34.3 Å². The first-order valence-electron chi connectivity index (χ1n) is 20.5. The van der Waals surface area contributed by atoms with Crippen LogP contribution in [0.4, 0.5) is 49.7 Å². The van der Waals surface area contributed by atoms with E-state index < -0.39 is 162 Å². The number of thiol groups is 1. The lowest BCUT2D eigenvalue weighted by Gasteiger charge is -2.23. The highest BCUT2D eigenvalue weighted by molar-refractivity contribution is 7.92. The van der Waals surface area contributed by atoms with Crippen molar-refractivity contribution < 1.29 is 75.4 Å². The minimum atomic E-state index is -5.22. The standard InChI is InChI=1S/C42H37ClF10N8O7S2/c1-39(2,70(3,67)68)9-8-23-4-5-24(25-6-7-28(43)33-35(25)60(19-40(46,47)48)58-38(33)61(69(65)66)18-30(63)54-10-11-62)34(55-23)29(14-20-12-21(44)15-22(45)13-20)56-31(64)17-59-37-32(36(57-59)42(51,52)53)26-16-27(26)41(37,49)50/h4-7,12-13,15,26-27,29,62,69H,10-11,14,16-19H2,1-3H3,(H,54,63)(H,56,64)/t26-,27+,29?/m0/s1. The molecule has 1 unspecified atom stereocenters. The maximum Gasteiger partial charge on any atom is 0.435 e. The molecule has 2 amide bonds. The van der Waals surface area contributed by atoms with E-state index in [1.165, 1.54) is 13.8 Å². The maximum absolute atomic E-state index is 15.5. The van der Waals surface area contributed by atoms with Crippen LogP contribution in [-0.4, -0.2) is 95.2 Å². The molecular formula is C42H37ClF10N8O7S2. The number of rotatable bonds is 15. The van der Waals surface area contributed by atoms with Crippen molar-refractivity contribution in [2.75, 3.05) is 30.3 Å². The highest BCUT2D eigenvalue weighted by Crippen LogP contribution is 2.68. The number of aliphatic hydroxyl groups excluding tert-OH is 1. The Kier molecular flexibility index (Phi) is 13.8. The summed E-state index contributed by atoms with van der Waals surface area (Å²) < 4.78 is 196. The predicted molar refractivity (Wildman–Crippen MR) is 231 cm³/mol. The highest BCUT2D eigenvalue weighted by atomic mass is 35.5. The molecule has 7 rings (SSSR count). The molecule has 0 aliphatic heterocycles. The van der Waals surface area contributed by atoms with Crippen LogP contribution in [0.15, 0.2) is 42.5 Å². The van der Waals surface area contributed by atoms with Gasteiger partial charge in [0.1, 0.15) is 47.4 Å². The Morgan fingerprint density at radius 3 is 2.26 bits per heavy atom. The quantitative estimate of drug-likeness (QED) is 0.0571. The fourth-order valence-electron chi connectivity index (χ4n) is 8.04. The van der Waals surface area contributed by atoms with Gasteiger partial charge in [0.2, 0.25) is 22.7 Å². The summed E-state index contributed by atoms with van der Waals surface area (Å²) in [5.41, 5.74) is -5.73. The van der Waals surface area contributed by atoms with Crippen molar-refractivity contribution in [2.45, 2.75) is 74.8 Å². The van der Waals surface area contributed by atoms with Gasteiger partial charge in [0, 0.05) is 41.5 Å². The van der Waals surface area contributed by atoms with Gasteiger partial charge in [-0.05, 0) is 74.4 Å². The number of alkyl halides is 8. The number of carbonyl (C=O) groups excluding carboxylic acids is 2. The number of nitrogens with one attached hydrogen (secondary N) is 2. The van der Waals surface area contributed by atoms with E-state index in [4.69, 9.17) is 16.7 Å². The number of aliphatic hydroxyl groups is 1. The maximum atomic E-state index is 15.5. The summed E-state index contributed by atoms with van der Waals surface area (Å²) in [4.78, 5) is 31.3. The molecule has 5 aromatic rings. The molecule has 0 bridgehead atoms. The third-order valence-corrected chi connectivity index (χ3v) is 14.5. The van der Waals surface area contributed by atoms with Gasteiger partial charge in [-0.2, -0.15) is 45.3 Å². The number of halogens is 11. The Balaban J connectivity index is 1.47. The SMILES string of the molecule is CC(C)(C#Cc1ccc(-c2ccc(Cl)c3c(N(CC(=O)NCCO)[SH](=O)=O)nn(CC(F)(F)F)c23)c(C(Cc2cc(F)cc(F)c2)NC(=O)Cn2nc(C(F)(F)F)c3c2C(F)(F)[C@@H]2C[C@H]32)n1)S(C)(=O)=O. The molecule has 1 saturated carbocycles. The van der Waals surface area contributed by atoms with Crippen molar-refractivity contribution in [2.24, 2.45) is 5.92 Å². The number of aromatic nitrogens is 5. The molecule has 3 N–H and O–H groups in total. The number of anilines is 1. The molecule has 3 aromatic heterocycles. The molecule has 3 atom stereocenters. The minimum absolute atomic E-state index is 0.193. The number of hydrogen-bond donors (Lipinski definition) is 4. The van der Waals surface area contributed by atoms with E-state index >= 15 is 8.78 Å². The summed E-state index contributed by atoms with van der Waals surface area (Å²) in [6, 6.07) is 4.86. The number of pyridine rings is 1. The van der Waals surface area contributed by atoms with Gasteiger partial charge in [-0.3, -0.25) is 19.0 Å². The van der Waals surface area contributed by atoms with Crippen LogP contribution in [0.25, 0.3) is 22.0 Å². The first-order chi connectivity index (χ1) is 32.4. The van der Waals surface area contributed by atoms with E-state index in [0.29, 0.717) is 15.1 Å². The summed E-state index contributed by atoms with van der Waals surface area (Å²) in [6.45, 7) is -2.74. The zero-order valence-electron chi connectivity index (χ0n) is 36.3. The number of nitrogens with zero attached hydrogens (tertiary/aromatic N) is 6. The molecule has 2 aliphatic rings. The Hall–Kier alpha value is -5.98. The smallest absolute Gasteiger partial charge is 0.395 e. The predicted octanol–water partition coefficient (Wildman–Crippen LogP) is 5.73. The molecular weight excluding hydrogens is 1020 g/mol. The van der Waals surface area contributed by atoms with Gasteiger partial charge in [-0.15, -0.1) is 0 Å². The van der Waals surface area contributed by atoms with E-state index in [2.05, 4.69) is 37.7 Å². The van der Waals surface area contributed by atoms with E-state index in [1.54, 1.807) is 0 Å². The van der Waals surface area contributed by atoms with Gasteiger partial charge in [-0.25, -0.2) is 34.9 Å². The molecule has 0 radical (unpaired) electrons. The first-order valence-corrected chi connectivity index (χ1v) is 23.9. The van der Waals surface area contributed by atoms with Gasteiger partial charge in [0.15, 0.2) is 21.3 Å². The van der Waals surface area contributed by atoms with E-state index in [-0.39, 0.29) is 40.0 Å². The van der Waals surface area contributed by atoms with Gasteiger partial charge in [-0.1, -0.05) is 23.6 Å². The molecule has 28 heteroatoms. The van der Waals surface area contributed by atoms with E-state index in [9.17, 15) is 61.5 Å². The molecule has 15 nitrogen and oxygen atoms in total. The van der Waals surface area contributed by atoms with Crippen molar-refractivity contribution in [3.8, 4) is 23.0 Å². The van der Waals surface area contributed by atoms with Crippen LogP contribution in [0.5, 0.6) is 0 Å². The number of carbonyl (C=O) groups is 2. The fraction of sp³-hybridized carbons (Fsp3) is 0.405. The zero-order chi connectivity index (χ0) is 51.6. The summed E-state index contributed by atoms with van der Waals surface area (Å²) in [6.07, 6.45) is -10.4. The average molecular weight is 1060 g/mol. The molecule has 0 saturated heterocycles. The Morgan fingerprint density at radius 1 is 1.00 bits per heavy atom. The molecule has 376 valence electrons. The molecule has 2 aliphatic carbocycles. The summed E-state index contributed by atoms with van der Waals surface area (Å²) in [7, 11) is -7.78. The topological polar surface area (TPSA) is 198 Å². The van der Waals surface area contributed by atoms with E-state index in [0.717, 1.165) is 42.7 Å². The molecule has 2 aromatic carbocycles. The number of hydrogen-bond acceptors (Lipinski definition) is 10. The number of benzene rings is 2. The fourth-order valence-corrected chi connectivity index (χ4v) is 9.05. The lowest BCUT2D eigenvalue weighted by molar-refractivity contribution is -0.143. The third-order valence-electron chi connectivity index (χ3n) is 11.5. The summed E-state index contributed by atoms with van der Waals surface area (Å²) in [5.74, 6) is -6.85. The Bertz CT molecular complexity index is 3170. The number of sulfone groups is 1. The van der Waals surface area contributed by atoms with Crippen LogP contribution < -0.4 is 14.9 Å². The van der Waals surface area contributed by atoms with Crippen molar-refractivity contribution in [1.82, 2.24) is 35.2 Å². The van der Waals surface area contributed by atoms with Crippen LogP contribution >= 0.6 is 11.6 Å². The third kappa shape index (κ3) is 10.5. The van der Waals surface area contributed by atoms with Crippen LogP contribution in [0.3, 0.4) is 0 Å². The molecule has 1 fully saturated rings. The second-order valence-corrected chi connectivity index (χ2v) is 20.8. The lowest BCUT2D eigenvalue weighted by Crippen LogP contribution is -2.38. The van der Waals surface area contributed by atoms with Crippen LogP contribution in [0.2, 0.25) is 5.02 Å². The summed E-state index contributed by atoms with van der Waals surface area (Å²) >= 11 is 6.57. The van der Waals surface area contributed by atoms with Crippen molar-refractivity contribution in [3.05, 3.63) is 93.0 Å². The van der Waals surface area contributed by atoms with Crippen molar-refractivity contribution in [1.29, 1.82) is 0 Å². The van der Waals surface area contributed by atoms with Crippen LogP contribution in [-0.2, 0) is 61.9 Å².